The van der Waals surface area contributed by atoms with E-state index >= 15 is 0 Å². The summed E-state index contributed by atoms with van der Waals surface area (Å²) in [5.41, 5.74) is 0.988. The molecule has 0 saturated heterocycles. The zero-order valence-electron chi connectivity index (χ0n) is 11.4. The molecule has 0 bridgehead atoms. The smallest absolute Gasteiger partial charge is 0.425 e. The number of alkyl halides is 3. The van der Waals surface area contributed by atoms with Crippen LogP contribution in [0.4, 0.5) is 13.2 Å². The number of hydrogen-bond donors (Lipinski definition) is 1. The van der Waals surface area contributed by atoms with Crippen molar-refractivity contribution in [2.75, 3.05) is 7.05 Å². The summed E-state index contributed by atoms with van der Waals surface area (Å²) >= 11 is 0. The highest BCUT2D eigenvalue weighted by molar-refractivity contribution is 5.94. The molecule has 21 heavy (non-hydrogen) atoms. The molecule has 0 aliphatic carbocycles. The first-order valence-corrected chi connectivity index (χ1v) is 6.01. The molecule has 0 heterocycles. The summed E-state index contributed by atoms with van der Waals surface area (Å²) in [6.07, 6.45) is -4.54. The SMILES string of the molecule is CNC(=O)c1ccc(/C=C\C(=O)O[C@@H](C)C(F)(F)F)cc1. The normalized spacial score (nSPS) is 13.0. The number of amides is 1. The molecule has 114 valence electrons. The quantitative estimate of drug-likeness (QED) is 0.687. The van der Waals surface area contributed by atoms with Gasteiger partial charge in [0.25, 0.3) is 5.91 Å². The molecule has 1 aromatic rings. The van der Waals surface area contributed by atoms with Gasteiger partial charge in [-0.05, 0) is 30.7 Å². The predicted octanol–water partition coefficient (Wildman–Crippen LogP) is 2.55. The fraction of sp³-hybridized carbons (Fsp3) is 0.286. The second-order valence-electron chi connectivity index (χ2n) is 4.16. The number of hydrogen-bond acceptors (Lipinski definition) is 3. The van der Waals surface area contributed by atoms with Crippen molar-refractivity contribution in [2.45, 2.75) is 19.2 Å². The fourth-order valence-corrected chi connectivity index (χ4v) is 1.33. The van der Waals surface area contributed by atoms with E-state index in [9.17, 15) is 22.8 Å². The van der Waals surface area contributed by atoms with Crippen LogP contribution in [0, 0.1) is 0 Å². The molecule has 0 spiro atoms. The van der Waals surface area contributed by atoms with E-state index in [1.165, 1.54) is 25.3 Å². The van der Waals surface area contributed by atoms with Gasteiger partial charge in [-0.1, -0.05) is 12.1 Å². The van der Waals surface area contributed by atoms with Crippen LogP contribution in [-0.2, 0) is 9.53 Å². The van der Waals surface area contributed by atoms with E-state index in [1.807, 2.05) is 0 Å². The first kappa shape index (κ1) is 16.7. The topological polar surface area (TPSA) is 55.4 Å². The summed E-state index contributed by atoms with van der Waals surface area (Å²) in [6.45, 7) is 0.754. The van der Waals surface area contributed by atoms with E-state index in [-0.39, 0.29) is 5.91 Å². The molecule has 1 amide bonds. The molecule has 4 nitrogen and oxygen atoms in total. The number of carbonyl (C=O) groups is 2. The molecule has 0 aliphatic rings. The fourth-order valence-electron chi connectivity index (χ4n) is 1.33. The largest absolute Gasteiger partial charge is 0.450 e. The number of ether oxygens (including phenoxy) is 1. The highest BCUT2D eigenvalue weighted by atomic mass is 19.4. The second-order valence-corrected chi connectivity index (χ2v) is 4.16. The Morgan fingerprint density at radius 1 is 1.24 bits per heavy atom. The van der Waals surface area contributed by atoms with E-state index in [0.717, 1.165) is 13.0 Å². The van der Waals surface area contributed by atoms with Crippen molar-refractivity contribution in [3.63, 3.8) is 0 Å². The van der Waals surface area contributed by atoms with Crippen LogP contribution >= 0.6 is 0 Å². The Hall–Kier alpha value is -2.31. The van der Waals surface area contributed by atoms with Crippen LogP contribution in [0.1, 0.15) is 22.8 Å². The van der Waals surface area contributed by atoms with Crippen molar-refractivity contribution in [3.8, 4) is 0 Å². The lowest BCUT2D eigenvalue weighted by Crippen LogP contribution is -2.30. The molecule has 0 aliphatic heterocycles. The average Bonchev–Trinajstić information content (AvgIpc) is 2.43. The lowest BCUT2D eigenvalue weighted by atomic mass is 10.1. The summed E-state index contributed by atoms with van der Waals surface area (Å²) in [4.78, 5) is 22.5. The van der Waals surface area contributed by atoms with Crippen LogP contribution in [-0.4, -0.2) is 31.2 Å². The molecule has 0 saturated carbocycles. The highest BCUT2D eigenvalue weighted by Gasteiger charge is 2.38. The van der Waals surface area contributed by atoms with Crippen LogP contribution in [0.25, 0.3) is 6.08 Å². The lowest BCUT2D eigenvalue weighted by molar-refractivity contribution is -0.213. The van der Waals surface area contributed by atoms with Crippen molar-refractivity contribution in [1.82, 2.24) is 5.32 Å². The van der Waals surface area contributed by atoms with Gasteiger partial charge >= 0.3 is 12.1 Å². The maximum atomic E-state index is 12.2. The molecular weight excluding hydrogens is 287 g/mol. The van der Waals surface area contributed by atoms with Crippen molar-refractivity contribution >= 4 is 18.0 Å². The lowest BCUT2D eigenvalue weighted by Gasteiger charge is -2.14. The molecule has 0 unspecified atom stereocenters. The minimum Gasteiger partial charge on any atom is -0.450 e. The third-order valence-electron chi connectivity index (χ3n) is 2.57. The maximum Gasteiger partial charge on any atom is 0.425 e. The van der Waals surface area contributed by atoms with Gasteiger partial charge in [0.2, 0.25) is 0 Å². The van der Waals surface area contributed by atoms with Crippen LogP contribution in [0.2, 0.25) is 0 Å². The highest BCUT2D eigenvalue weighted by Crippen LogP contribution is 2.22. The van der Waals surface area contributed by atoms with Gasteiger partial charge < -0.3 is 10.1 Å². The number of carbonyl (C=O) groups excluding carboxylic acids is 2. The number of nitrogens with one attached hydrogen (secondary N) is 1. The van der Waals surface area contributed by atoms with Gasteiger partial charge in [-0.2, -0.15) is 13.2 Å². The van der Waals surface area contributed by atoms with Crippen LogP contribution < -0.4 is 5.32 Å². The van der Waals surface area contributed by atoms with Crippen molar-refractivity contribution in [2.24, 2.45) is 0 Å². The second kappa shape index (κ2) is 6.92. The van der Waals surface area contributed by atoms with E-state index in [0.29, 0.717) is 11.1 Å². The number of esters is 1. The van der Waals surface area contributed by atoms with Gasteiger partial charge in [0, 0.05) is 18.7 Å². The molecule has 0 radical (unpaired) electrons. The standard InChI is InChI=1S/C14H14F3NO3/c1-9(14(15,16)17)21-12(19)8-5-10-3-6-11(7-4-10)13(20)18-2/h3-9H,1-2H3,(H,18,20)/b8-5-/t9-/m0/s1. The summed E-state index contributed by atoms with van der Waals surface area (Å²) < 4.78 is 40.8. The number of benzene rings is 1. The number of rotatable bonds is 4. The summed E-state index contributed by atoms with van der Waals surface area (Å²) in [7, 11) is 1.49. The third kappa shape index (κ3) is 5.29. The van der Waals surface area contributed by atoms with E-state index in [1.54, 1.807) is 12.1 Å². The number of halogens is 3. The minimum atomic E-state index is -4.58. The van der Waals surface area contributed by atoms with Gasteiger partial charge in [-0.3, -0.25) is 4.79 Å². The molecule has 7 heteroatoms. The Morgan fingerprint density at radius 3 is 2.29 bits per heavy atom. The molecule has 0 aromatic heterocycles. The monoisotopic (exact) mass is 301 g/mol. The van der Waals surface area contributed by atoms with Gasteiger partial charge in [0.15, 0.2) is 6.10 Å². The first-order chi connectivity index (χ1) is 9.74. The summed E-state index contributed by atoms with van der Waals surface area (Å²) in [6, 6.07) is 6.17. The van der Waals surface area contributed by atoms with Crippen LogP contribution in [0.3, 0.4) is 0 Å². The minimum absolute atomic E-state index is 0.260. The van der Waals surface area contributed by atoms with Gasteiger partial charge in [-0.25, -0.2) is 4.79 Å². The van der Waals surface area contributed by atoms with Crippen molar-refractivity contribution in [1.29, 1.82) is 0 Å². The van der Waals surface area contributed by atoms with Crippen LogP contribution in [0.15, 0.2) is 30.3 Å². The Kier molecular flexibility index (Phi) is 5.52. The van der Waals surface area contributed by atoms with E-state index in [2.05, 4.69) is 10.1 Å². The Morgan fingerprint density at radius 2 is 1.81 bits per heavy atom. The Balaban J connectivity index is 2.64. The van der Waals surface area contributed by atoms with Gasteiger partial charge in [0.1, 0.15) is 0 Å². The first-order valence-electron chi connectivity index (χ1n) is 6.01. The molecule has 1 atom stereocenters. The predicted molar refractivity (Wildman–Crippen MR) is 70.5 cm³/mol. The molecule has 1 N–H and O–H groups in total. The molecule has 1 rings (SSSR count). The van der Waals surface area contributed by atoms with Crippen LogP contribution in [0.5, 0.6) is 0 Å². The molecular formula is C14H14F3NO3. The van der Waals surface area contributed by atoms with E-state index < -0.39 is 18.2 Å². The van der Waals surface area contributed by atoms with Crippen molar-refractivity contribution in [3.05, 3.63) is 41.5 Å². The van der Waals surface area contributed by atoms with Gasteiger partial charge in [0.05, 0.1) is 0 Å². The third-order valence-corrected chi connectivity index (χ3v) is 2.57. The Bertz CT molecular complexity index is 535. The summed E-state index contributed by atoms with van der Waals surface area (Å²) in [5, 5.41) is 2.45. The maximum absolute atomic E-state index is 12.2. The van der Waals surface area contributed by atoms with E-state index in [4.69, 9.17) is 0 Å². The average molecular weight is 301 g/mol. The Labute approximate surface area is 119 Å². The van der Waals surface area contributed by atoms with Crippen molar-refractivity contribution < 1.29 is 27.5 Å². The van der Waals surface area contributed by atoms with Gasteiger partial charge in [-0.15, -0.1) is 0 Å². The molecule has 1 aromatic carbocycles. The zero-order chi connectivity index (χ0) is 16.0. The zero-order valence-corrected chi connectivity index (χ0v) is 11.4. The summed E-state index contributed by atoms with van der Waals surface area (Å²) in [5.74, 6) is -1.35. The molecule has 0 fully saturated rings.